The number of halogens is 16. The van der Waals surface area contributed by atoms with Crippen molar-refractivity contribution in [3.05, 3.63) is 293 Å². The molecule has 8 nitrogen and oxygen atoms in total. The molecule has 12 aromatic rings. The van der Waals surface area contributed by atoms with Gasteiger partial charge in [0.15, 0.2) is 49.6 Å². The highest BCUT2D eigenvalue weighted by atomic mass is 19.5. The molecule has 0 saturated carbocycles. The summed E-state index contributed by atoms with van der Waals surface area (Å²) in [7, 11) is -24.0. The molecule has 0 spiro atoms. The van der Waals surface area contributed by atoms with Gasteiger partial charge in [-0.05, 0) is 46.5 Å². The number of aromatic nitrogens is 8. The van der Waals surface area contributed by atoms with Gasteiger partial charge in [0.1, 0.15) is 0 Å². The Labute approximate surface area is 517 Å². The van der Waals surface area contributed by atoms with Gasteiger partial charge in [-0.1, -0.05) is 97.1 Å². The fourth-order valence-electron chi connectivity index (χ4n) is 8.43. The number of hydrogen-bond acceptors (Lipinski definition) is 4. The van der Waals surface area contributed by atoms with Gasteiger partial charge in [-0.15, -0.1) is 0 Å². The zero-order chi connectivity index (χ0) is 66.3. The first-order chi connectivity index (χ1) is 43.7. The highest BCUT2D eigenvalue weighted by Gasteiger charge is 2.22. The standard InChI is InChI=1S/2C32H24N4.4BF4/c2*1-3-7-29(8-4-1)35-19-15-25(16-20-35)27-11-13-31(33-23-27)32-14-12-28(24-34-32)26-17-21-36(22-18-26)30-9-5-2-6-10-30;4*2-1(3,4)5/h2*1-24H;;;;/q2*+2;4*-1. The summed E-state index contributed by atoms with van der Waals surface area (Å²) in [6.07, 6.45) is 24.2. The molecule has 0 bridgehead atoms. The van der Waals surface area contributed by atoms with Crippen LogP contribution >= 0.6 is 0 Å². The second kappa shape index (κ2) is 32.1. The number of para-hydroxylation sites is 4. The van der Waals surface area contributed by atoms with Crippen LogP contribution in [0.25, 0.3) is 90.0 Å². The van der Waals surface area contributed by atoms with Gasteiger partial charge in [-0.2, -0.15) is 18.3 Å². The molecule has 8 heterocycles. The summed E-state index contributed by atoms with van der Waals surface area (Å²) in [6.45, 7) is 0. The smallest absolute Gasteiger partial charge is 0.418 e. The molecule has 0 unspecified atom stereocenters. The molecular formula is C64H48B4F16N8. The molecule has 0 aliphatic rings. The Morgan fingerprint density at radius 1 is 0.185 bits per heavy atom. The summed E-state index contributed by atoms with van der Waals surface area (Å²) in [5.41, 5.74) is 16.8. The van der Waals surface area contributed by atoms with Gasteiger partial charge in [0.05, 0.1) is 22.8 Å². The lowest BCUT2D eigenvalue weighted by atomic mass is 10.1. The van der Waals surface area contributed by atoms with Gasteiger partial charge >= 0.3 is 29.0 Å². The molecule has 0 saturated heterocycles. The van der Waals surface area contributed by atoms with Crippen LogP contribution < -0.4 is 18.3 Å². The van der Waals surface area contributed by atoms with Crippen molar-refractivity contribution in [1.29, 1.82) is 0 Å². The van der Waals surface area contributed by atoms with Crippen LogP contribution in [0, 0.1) is 0 Å². The van der Waals surface area contributed by atoms with E-state index in [2.05, 4.69) is 209 Å². The third-order valence-electron chi connectivity index (χ3n) is 12.4. The van der Waals surface area contributed by atoms with E-state index in [-0.39, 0.29) is 0 Å². The largest absolute Gasteiger partial charge is 0.673 e. The molecule has 0 atom stereocenters. The van der Waals surface area contributed by atoms with E-state index in [4.69, 9.17) is 0 Å². The molecule has 0 fully saturated rings. The molecule has 28 heteroatoms. The topological polar surface area (TPSA) is 67.1 Å². The van der Waals surface area contributed by atoms with E-state index in [9.17, 15) is 69.1 Å². The minimum atomic E-state index is -6.00. The molecule has 8 aromatic heterocycles. The molecule has 0 radical (unpaired) electrons. The molecular weight excluding hydrogens is 1230 g/mol. The minimum absolute atomic E-state index is 0.857. The van der Waals surface area contributed by atoms with Crippen LogP contribution in [0.5, 0.6) is 0 Å². The van der Waals surface area contributed by atoms with Crippen LogP contribution in [0.1, 0.15) is 0 Å². The fourth-order valence-corrected chi connectivity index (χ4v) is 8.43. The summed E-state index contributed by atoms with van der Waals surface area (Å²) in [6, 6.07) is 74.5. The zero-order valence-electron chi connectivity index (χ0n) is 47.6. The van der Waals surface area contributed by atoms with E-state index in [0.717, 1.165) is 90.0 Å². The van der Waals surface area contributed by atoms with E-state index >= 15 is 0 Å². The number of pyridine rings is 8. The highest BCUT2D eigenvalue weighted by Crippen LogP contribution is 2.26. The second-order valence-corrected chi connectivity index (χ2v) is 19.0. The first-order valence-electron chi connectivity index (χ1n) is 27.3. The lowest BCUT2D eigenvalue weighted by Gasteiger charge is -2.05. The molecule has 4 aromatic carbocycles. The van der Waals surface area contributed by atoms with Gasteiger partial charge in [0.2, 0.25) is 22.7 Å². The van der Waals surface area contributed by atoms with E-state index in [1.54, 1.807) is 0 Å². The van der Waals surface area contributed by atoms with E-state index < -0.39 is 29.0 Å². The van der Waals surface area contributed by atoms with Crippen LogP contribution in [0.4, 0.5) is 69.1 Å². The normalized spacial score (nSPS) is 11.0. The third kappa shape index (κ3) is 24.3. The monoisotopic (exact) mass is 1280 g/mol. The van der Waals surface area contributed by atoms with Crippen molar-refractivity contribution >= 4 is 29.0 Å². The Balaban J connectivity index is 0.000000202. The fraction of sp³-hybridized carbons (Fsp3) is 0. The van der Waals surface area contributed by atoms with Crippen molar-refractivity contribution in [2.24, 2.45) is 0 Å². The third-order valence-corrected chi connectivity index (χ3v) is 12.4. The summed E-state index contributed by atoms with van der Waals surface area (Å²) in [5, 5.41) is 0. The lowest BCUT2D eigenvalue weighted by Crippen LogP contribution is -2.28. The Bertz CT molecular complexity index is 3550. The van der Waals surface area contributed by atoms with Crippen LogP contribution in [0.2, 0.25) is 0 Å². The van der Waals surface area contributed by atoms with Gasteiger partial charge in [-0.3, -0.25) is 19.9 Å². The van der Waals surface area contributed by atoms with Gasteiger partial charge in [0, 0.05) is 144 Å². The van der Waals surface area contributed by atoms with Crippen molar-refractivity contribution < 1.29 is 87.3 Å². The molecule has 0 aliphatic heterocycles. The van der Waals surface area contributed by atoms with Gasteiger partial charge in [0.25, 0.3) is 0 Å². The predicted octanol–water partition coefficient (Wildman–Crippen LogP) is 17.3. The zero-order valence-corrected chi connectivity index (χ0v) is 47.6. The Kier molecular flexibility index (Phi) is 24.0. The Morgan fingerprint density at radius 3 is 0.467 bits per heavy atom. The van der Waals surface area contributed by atoms with Crippen LogP contribution in [-0.2, 0) is 0 Å². The maximum absolute atomic E-state index is 9.75. The Morgan fingerprint density at radius 2 is 0.337 bits per heavy atom. The SMILES string of the molecule is F[B-](F)(F)F.F[B-](F)(F)F.F[B-](F)(F)F.F[B-](F)(F)F.c1ccc(-[n+]2ccc(-c3ccc(-c4ccc(-c5cc[n+](-c6ccccc6)cc5)cn4)nc3)cc2)cc1.c1ccc(-[n+]2ccc(-c3ccc(-c4ccc(-c5cc[n+](-c6ccccc6)cc5)cn4)nc3)cc2)cc1. The molecule has 12 rings (SSSR count). The summed E-state index contributed by atoms with van der Waals surface area (Å²) < 4.78 is 164. The van der Waals surface area contributed by atoms with Crippen molar-refractivity contribution in [2.45, 2.75) is 0 Å². The van der Waals surface area contributed by atoms with Crippen molar-refractivity contribution in [1.82, 2.24) is 19.9 Å². The van der Waals surface area contributed by atoms with E-state index in [1.165, 1.54) is 0 Å². The maximum Gasteiger partial charge on any atom is 0.673 e. The summed E-state index contributed by atoms with van der Waals surface area (Å²) in [5.74, 6) is 0. The lowest BCUT2D eigenvalue weighted by molar-refractivity contribution is -0.595. The average Bonchev–Trinajstić information content (AvgIpc) is 1.20. The average molecular weight is 1280 g/mol. The first kappa shape index (κ1) is 68.7. The molecule has 468 valence electrons. The van der Waals surface area contributed by atoms with Crippen molar-refractivity contribution in [3.8, 4) is 90.0 Å². The molecule has 0 N–H and O–H groups in total. The number of rotatable bonds is 10. The highest BCUT2D eigenvalue weighted by molar-refractivity contribution is 6.51. The minimum Gasteiger partial charge on any atom is -0.418 e. The number of nitrogens with zero attached hydrogens (tertiary/aromatic N) is 8. The van der Waals surface area contributed by atoms with Crippen molar-refractivity contribution in [3.63, 3.8) is 0 Å². The maximum atomic E-state index is 9.75. The van der Waals surface area contributed by atoms with Crippen molar-refractivity contribution in [2.75, 3.05) is 0 Å². The summed E-state index contributed by atoms with van der Waals surface area (Å²) in [4.78, 5) is 18.7. The van der Waals surface area contributed by atoms with Crippen LogP contribution in [0.15, 0.2) is 293 Å². The van der Waals surface area contributed by atoms with Crippen LogP contribution in [-0.4, -0.2) is 49.0 Å². The van der Waals surface area contributed by atoms with E-state index in [1.807, 2.05) is 122 Å². The number of hydrogen-bond donors (Lipinski definition) is 0. The van der Waals surface area contributed by atoms with Crippen LogP contribution in [0.3, 0.4) is 0 Å². The van der Waals surface area contributed by atoms with Gasteiger partial charge in [-0.25, -0.2) is 0 Å². The predicted molar refractivity (Wildman–Crippen MR) is 324 cm³/mol. The summed E-state index contributed by atoms with van der Waals surface area (Å²) >= 11 is 0. The number of benzene rings is 4. The Hall–Kier alpha value is -10.8. The molecule has 92 heavy (non-hydrogen) atoms. The van der Waals surface area contributed by atoms with Gasteiger partial charge < -0.3 is 69.1 Å². The molecule has 0 aliphatic carbocycles. The quantitative estimate of drug-likeness (QED) is 0.0777. The first-order valence-corrected chi connectivity index (χ1v) is 27.3. The van der Waals surface area contributed by atoms with E-state index in [0.29, 0.717) is 0 Å². The molecule has 0 amide bonds. The second-order valence-electron chi connectivity index (χ2n) is 19.0.